The van der Waals surface area contributed by atoms with Gasteiger partial charge < -0.3 is 9.47 Å². The summed E-state index contributed by atoms with van der Waals surface area (Å²) in [5.74, 6) is 0.517. The van der Waals surface area contributed by atoms with Crippen LogP contribution in [0.5, 0.6) is 5.75 Å². The van der Waals surface area contributed by atoms with E-state index in [1.54, 1.807) is 4.68 Å². The van der Waals surface area contributed by atoms with Crippen LogP contribution in [-0.2, 0) is 16.1 Å². The molecule has 0 aliphatic rings. The van der Waals surface area contributed by atoms with Crippen molar-refractivity contribution in [3.63, 3.8) is 0 Å². The van der Waals surface area contributed by atoms with Gasteiger partial charge in [0.15, 0.2) is 0 Å². The molecule has 0 amide bonds. The Bertz CT molecular complexity index is 915. The van der Waals surface area contributed by atoms with E-state index in [9.17, 15) is 4.79 Å². The summed E-state index contributed by atoms with van der Waals surface area (Å²) in [4.78, 5) is 11.7. The fourth-order valence-corrected chi connectivity index (χ4v) is 2.91. The molecule has 3 aromatic rings. The summed E-state index contributed by atoms with van der Waals surface area (Å²) >= 11 is 0. The molecule has 0 atom stereocenters. The molecule has 0 unspecified atom stereocenters. The average molecular weight is 352 g/mol. The summed E-state index contributed by atoms with van der Waals surface area (Å²) in [6.07, 6.45) is 2.13. The Labute approximate surface area is 153 Å². The Kier molecular flexibility index (Phi) is 5.56. The lowest BCUT2D eigenvalue weighted by Crippen LogP contribution is -2.12. The van der Waals surface area contributed by atoms with Crippen molar-refractivity contribution in [1.82, 2.24) is 9.78 Å². The Morgan fingerprint density at radius 3 is 2.77 bits per heavy atom. The number of nitrogens with zero attached hydrogens (tertiary/aromatic N) is 2. The molecule has 26 heavy (non-hydrogen) atoms. The number of unbranched alkanes of at least 4 members (excludes halogenated alkanes) is 1. The van der Waals surface area contributed by atoms with E-state index in [1.165, 1.54) is 7.11 Å². The highest BCUT2D eigenvalue weighted by Crippen LogP contribution is 2.32. The van der Waals surface area contributed by atoms with Gasteiger partial charge in [0, 0.05) is 10.9 Å². The van der Waals surface area contributed by atoms with Gasteiger partial charge in [0.1, 0.15) is 18.0 Å². The second-order valence-electron chi connectivity index (χ2n) is 6.28. The predicted octanol–water partition coefficient (Wildman–Crippen LogP) is 4.36. The van der Waals surface area contributed by atoms with Crippen LogP contribution in [0.25, 0.3) is 22.2 Å². The van der Waals surface area contributed by atoms with Crippen LogP contribution in [0.2, 0.25) is 0 Å². The van der Waals surface area contributed by atoms with E-state index in [2.05, 4.69) is 13.8 Å². The first-order valence-corrected chi connectivity index (χ1v) is 8.90. The van der Waals surface area contributed by atoms with Crippen molar-refractivity contribution in [3.8, 4) is 17.0 Å². The van der Waals surface area contributed by atoms with Crippen molar-refractivity contribution in [2.24, 2.45) is 0 Å². The number of rotatable bonds is 7. The summed E-state index contributed by atoms with van der Waals surface area (Å²) in [5.41, 5.74) is 3.88. The maximum Gasteiger partial charge on any atom is 0.327 e. The molecule has 3 rings (SSSR count). The van der Waals surface area contributed by atoms with Crippen LogP contribution in [0.1, 0.15) is 25.3 Å². The van der Waals surface area contributed by atoms with Crippen LogP contribution in [-0.4, -0.2) is 29.5 Å². The van der Waals surface area contributed by atoms with Crippen LogP contribution in [0, 0.1) is 6.92 Å². The molecule has 0 radical (unpaired) electrons. The van der Waals surface area contributed by atoms with Crippen LogP contribution in [0.15, 0.2) is 42.5 Å². The van der Waals surface area contributed by atoms with Crippen molar-refractivity contribution in [2.75, 3.05) is 13.7 Å². The Hall–Kier alpha value is -2.82. The van der Waals surface area contributed by atoms with E-state index in [4.69, 9.17) is 14.6 Å². The minimum absolute atomic E-state index is 0.0861. The van der Waals surface area contributed by atoms with E-state index < -0.39 is 0 Å². The van der Waals surface area contributed by atoms with Crippen LogP contribution in [0.3, 0.4) is 0 Å². The van der Waals surface area contributed by atoms with E-state index in [1.807, 2.05) is 42.5 Å². The maximum absolute atomic E-state index is 11.7. The smallest absolute Gasteiger partial charge is 0.327 e. The number of carbonyl (C=O) groups is 1. The van der Waals surface area contributed by atoms with Gasteiger partial charge in [-0.3, -0.25) is 9.48 Å². The maximum atomic E-state index is 11.7. The van der Waals surface area contributed by atoms with E-state index in [0.29, 0.717) is 6.61 Å². The molecular formula is C21H24N2O3. The van der Waals surface area contributed by atoms with Crippen molar-refractivity contribution < 1.29 is 14.3 Å². The van der Waals surface area contributed by atoms with Gasteiger partial charge in [0.05, 0.1) is 19.2 Å². The Morgan fingerprint density at radius 2 is 2.00 bits per heavy atom. The van der Waals surface area contributed by atoms with E-state index in [-0.39, 0.29) is 12.5 Å². The summed E-state index contributed by atoms with van der Waals surface area (Å²) in [6, 6.07) is 14.0. The summed E-state index contributed by atoms with van der Waals surface area (Å²) in [7, 11) is 1.39. The Balaban J connectivity index is 2.04. The largest absolute Gasteiger partial charge is 0.494 e. The van der Waals surface area contributed by atoms with Crippen molar-refractivity contribution in [1.29, 1.82) is 0 Å². The molecule has 2 aromatic carbocycles. The van der Waals surface area contributed by atoms with Gasteiger partial charge in [-0.05, 0) is 37.1 Å². The first kappa shape index (κ1) is 18.0. The molecule has 5 heteroatoms. The van der Waals surface area contributed by atoms with E-state index in [0.717, 1.165) is 46.3 Å². The number of ether oxygens (including phenoxy) is 2. The third-order valence-corrected chi connectivity index (χ3v) is 4.40. The average Bonchev–Trinajstić information content (AvgIpc) is 3.01. The molecule has 0 bridgehead atoms. The molecule has 1 aromatic heterocycles. The molecule has 0 aliphatic heterocycles. The SMILES string of the molecule is CCCCOc1ccc(C)c(-c2nn(CC(=O)OC)c3ccccc23)c1. The number of carbonyl (C=O) groups excluding carboxylic acids is 1. The molecule has 5 nitrogen and oxygen atoms in total. The number of esters is 1. The summed E-state index contributed by atoms with van der Waals surface area (Å²) in [5, 5.41) is 5.71. The zero-order valence-corrected chi connectivity index (χ0v) is 15.5. The monoisotopic (exact) mass is 352 g/mol. The normalized spacial score (nSPS) is 10.9. The molecule has 136 valence electrons. The molecule has 0 fully saturated rings. The number of benzene rings is 2. The van der Waals surface area contributed by atoms with Gasteiger partial charge >= 0.3 is 5.97 Å². The number of methoxy groups -OCH3 is 1. The second kappa shape index (κ2) is 8.04. The number of hydrogen-bond donors (Lipinski definition) is 0. The van der Waals surface area contributed by atoms with Gasteiger partial charge in [-0.1, -0.05) is 37.6 Å². The van der Waals surface area contributed by atoms with E-state index >= 15 is 0 Å². The number of fused-ring (bicyclic) bond motifs is 1. The summed E-state index contributed by atoms with van der Waals surface area (Å²) in [6.45, 7) is 4.99. The topological polar surface area (TPSA) is 53.4 Å². The van der Waals surface area contributed by atoms with Crippen molar-refractivity contribution >= 4 is 16.9 Å². The lowest BCUT2D eigenvalue weighted by Gasteiger charge is -2.09. The number of hydrogen-bond acceptors (Lipinski definition) is 4. The lowest BCUT2D eigenvalue weighted by molar-refractivity contribution is -0.141. The number of para-hydroxylation sites is 1. The first-order chi connectivity index (χ1) is 12.6. The number of aromatic nitrogens is 2. The highest BCUT2D eigenvalue weighted by molar-refractivity contribution is 5.94. The second-order valence-corrected chi connectivity index (χ2v) is 6.28. The van der Waals surface area contributed by atoms with Crippen molar-refractivity contribution in [2.45, 2.75) is 33.2 Å². The predicted molar refractivity (Wildman–Crippen MR) is 102 cm³/mol. The fraction of sp³-hybridized carbons (Fsp3) is 0.333. The van der Waals surface area contributed by atoms with Crippen LogP contribution < -0.4 is 4.74 Å². The lowest BCUT2D eigenvalue weighted by atomic mass is 10.0. The highest BCUT2D eigenvalue weighted by Gasteiger charge is 2.16. The standard InChI is InChI=1S/C21H24N2O3/c1-4-5-12-26-16-11-10-15(2)18(13-16)21-17-8-6-7-9-19(17)23(22-21)14-20(24)25-3/h6-11,13H,4-5,12,14H2,1-3H3. The van der Waals surface area contributed by atoms with Gasteiger partial charge in [-0.2, -0.15) is 5.10 Å². The van der Waals surface area contributed by atoms with Gasteiger partial charge in [-0.15, -0.1) is 0 Å². The molecule has 0 aliphatic carbocycles. The van der Waals surface area contributed by atoms with Crippen LogP contribution >= 0.6 is 0 Å². The van der Waals surface area contributed by atoms with Gasteiger partial charge in [-0.25, -0.2) is 0 Å². The quantitative estimate of drug-likeness (QED) is 0.468. The molecule has 0 saturated carbocycles. The number of aryl methyl sites for hydroxylation is 1. The molecule has 1 heterocycles. The highest BCUT2D eigenvalue weighted by atomic mass is 16.5. The zero-order valence-electron chi connectivity index (χ0n) is 15.5. The molecular weight excluding hydrogens is 328 g/mol. The Morgan fingerprint density at radius 1 is 1.19 bits per heavy atom. The fourth-order valence-electron chi connectivity index (χ4n) is 2.91. The molecule has 0 saturated heterocycles. The van der Waals surface area contributed by atoms with Gasteiger partial charge in [0.2, 0.25) is 0 Å². The molecule has 0 spiro atoms. The summed E-state index contributed by atoms with van der Waals surface area (Å²) < 4.78 is 12.3. The third-order valence-electron chi connectivity index (χ3n) is 4.40. The zero-order chi connectivity index (χ0) is 18.5. The third kappa shape index (κ3) is 3.72. The minimum Gasteiger partial charge on any atom is -0.494 e. The first-order valence-electron chi connectivity index (χ1n) is 8.90. The van der Waals surface area contributed by atoms with Gasteiger partial charge in [0.25, 0.3) is 0 Å². The molecule has 0 N–H and O–H groups in total. The minimum atomic E-state index is -0.321. The van der Waals surface area contributed by atoms with Crippen molar-refractivity contribution in [3.05, 3.63) is 48.0 Å². The van der Waals surface area contributed by atoms with Crippen LogP contribution in [0.4, 0.5) is 0 Å².